The summed E-state index contributed by atoms with van der Waals surface area (Å²) in [6.45, 7) is 11.5. The number of benzene rings is 1. The molecule has 0 radical (unpaired) electrons. The number of hydrogen-bond acceptors (Lipinski definition) is 1. The molecule has 0 spiro atoms. The van der Waals surface area contributed by atoms with E-state index >= 15 is 0 Å². The zero-order valence-corrected chi connectivity index (χ0v) is 14.2. The van der Waals surface area contributed by atoms with E-state index in [1.54, 1.807) is 12.1 Å². The Morgan fingerprint density at radius 2 is 1.81 bits per heavy atom. The molecule has 1 saturated carbocycles. The molecular formula is C19H30FN. The fourth-order valence-electron chi connectivity index (χ4n) is 3.58. The molecular weight excluding hydrogens is 261 g/mol. The van der Waals surface area contributed by atoms with Gasteiger partial charge in [-0.3, -0.25) is 0 Å². The van der Waals surface area contributed by atoms with Crippen LogP contribution in [0.5, 0.6) is 0 Å². The molecule has 1 aliphatic carbocycles. The molecule has 2 unspecified atom stereocenters. The molecule has 118 valence electrons. The van der Waals surface area contributed by atoms with Gasteiger partial charge in [0.2, 0.25) is 0 Å². The quantitative estimate of drug-likeness (QED) is 0.778. The lowest BCUT2D eigenvalue weighted by atomic mass is 9.74. The minimum atomic E-state index is -0.162. The first kappa shape index (κ1) is 16.5. The molecule has 0 amide bonds. The van der Waals surface area contributed by atoms with E-state index in [1.165, 1.54) is 31.2 Å². The molecule has 1 N–H and O–H groups in total. The maximum atomic E-state index is 13.2. The zero-order valence-electron chi connectivity index (χ0n) is 14.2. The Balaban J connectivity index is 2.16. The highest BCUT2D eigenvalue weighted by molar-refractivity contribution is 5.22. The van der Waals surface area contributed by atoms with Crippen LogP contribution in [0.15, 0.2) is 24.3 Å². The highest BCUT2D eigenvalue weighted by Crippen LogP contribution is 2.39. The molecule has 1 aromatic rings. The number of rotatable bonds is 3. The maximum absolute atomic E-state index is 13.2. The third-order valence-electron chi connectivity index (χ3n) is 4.68. The SMILES string of the molecule is CC1(C)CCCC(NC(c2ccc(F)cc2)C(C)(C)C)C1. The second kappa shape index (κ2) is 6.08. The lowest BCUT2D eigenvalue weighted by Crippen LogP contribution is -2.43. The van der Waals surface area contributed by atoms with Gasteiger partial charge in [-0.1, -0.05) is 53.2 Å². The topological polar surface area (TPSA) is 12.0 Å². The molecule has 1 aromatic carbocycles. The van der Waals surface area contributed by atoms with Crippen LogP contribution in [-0.2, 0) is 0 Å². The number of nitrogens with one attached hydrogen (secondary N) is 1. The summed E-state index contributed by atoms with van der Waals surface area (Å²) in [6, 6.07) is 7.81. The summed E-state index contributed by atoms with van der Waals surface area (Å²) in [5.41, 5.74) is 1.73. The van der Waals surface area contributed by atoms with Crippen molar-refractivity contribution >= 4 is 0 Å². The van der Waals surface area contributed by atoms with Crippen molar-refractivity contribution in [2.45, 2.75) is 72.4 Å². The van der Waals surface area contributed by atoms with Gasteiger partial charge in [0.25, 0.3) is 0 Å². The molecule has 1 fully saturated rings. The summed E-state index contributed by atoms with van der Waals surface area (Å²) in [5.74, 6) is -0.162. The van der Waals surface area contributed by atoms with Crippen LogP contribution >= 0.6 is 0 Å². The molecule has 2 atom stereocenters. The average Bonchev–Trinajstić information content (AvgIpc) is 2.35. The van der Waals surface area contributed by atoms with Crippen molar-refractivity contribution in [3.8, 4) is 0 Å². The van der Waals surface area contributed by atoms with Gasteiger partial charge in [0.1, 0.15) is 5.82 Å². The Kier molecular flexibility index (Phi) is 4.77. The van der Waals surface area contributed by atoms with Gasteiger partial charge in [0, 0.05) is 12.1 Å². The molecule has 0 saturated heterocycles. The Hall–Kier alpha value is -0.890. The van der Waals surface area contributed by atoms with E-state index < -0.39 is 0 Å². The van der Waals surface area contributed by atoms with E-state index in [4.69, 9.17) is 0 Å². The summed E-state index contributed by atoms with van der Waals surface area (Å²) in [5, 5.41) is 3.86. The fourth-order valence-corrected chi connectivity index (χ4v) is 3.58. The van der Waals surface area contributed by atoms with Crippen LogP contribution in [0, 0.1) is 16.6 Å². The Morgan fingerprint density at radius 1 is 1.19 bits per heavy atom. The summed E-state index contributed by atoms with van der Waals surface area (Å²) in [7, 11) is 0. The van der Waals surface area contributed by atoms with Crippen LogP contribution in [0.4, 0.5) is 4.39 Å². The van der Waals surface area contributed by atoms with Gasteiger partial charge >= 0.3 is 0 Å². The molecule has 2 heteroatoms. The van der Waals surface area contributed by atoms with Gasteiger partial charge in [-0.15, -0.1) is 0 Å². The maximum Gasteiger partial charge on any atom is 0.123 e. The predicted octanol–water partition coefficient (Wildman–Crippen LogP) is 5.47. The summed E-state index contributed by atoms with van der Waals surface area (Å²) >= 11 is 0. The third-order valence-corrected chi connectivity index (χ3v) is 4.68. The van der Waals surface area contributed by atoms with Crippen LogP contribution in [0.25, 0.3) is 0 Å². The second-order valence-corrected chi connectivity index (χ2v) is 8.47. The number of hydrogen-bond donors (Lipinski definition) is 1. The smallest absolute Gasteiger partial charge is 0.123 e. The first-order valence-electron chi connectivity index (χ1n) is 8.19. The summed E-state index contributed by atoms with van der Waals surface area (Å²) in [4.78, 5) is 0. The van der Waals surface area contributed by atoms with E-state index in [2.05, 4.69) is 39.9 Å². The Labute approximate surface area is 129 Å². The zero-order chi connectivity index (χ0) is 15.7. The molecule has 0 bridgehead atoms. The van der Waals surface area contributed by atoms with Crippen molar-refractivity contribution in [3.05, 3.63) is 35.6 Å². The van der Waals surface area contributed by atoms with Gasteiger partial charge < -0.3 is 5.32 Å². The van der Waals surface area contributed by atoms with Crippen LogP contribution < -0.4 is 5.32 Å². The summed E-state index contributed by atoms with van der Waals surface area (Å²) in [6.07, 6.45) is 5.09. The van der Waals surface area contributed by atoms with Crippen molar-refractivity contribution in [1.29, 1.82) is 0 Å². The van der Waals surface area contributed by atoms with Gasteiger partial charge in [0.15, 0.2) is 0 Å². The van der Waals surface area contributed by atoms with Gasteiger partial charge in [-0.25, -0.2) is 4.39 Å². The predicted molar refractivity (Wildman–Crippen MR) is 87.8 cm³/mol. The van der Waals surface area contributed by atoms with Gasteiger partial charge in [-0.05, 0) is 47.8 Å². The Bertz CT molecular complexity index is 455. The van der Waals surface area contributed by atoms with Crippen LogP contribution in [-0.4, -0.2) is 6.04 Å². The minimum absolute atomic E-state index is 0.111. The van der Waals surface area contributed by atoms with Crippen molar-refractivity contribution in [2.24, 2.45) is 10.8 Å². The first-order valence-corrected chi connectivity index (χ1v) is 8.19. The van der Waals surface area contributed by atoms with Crippen LogP contribution in [0.3, 0.4) is 0 Å². The summed E-state index contributed by atoms with van der Waals surface area (Å²) < 4.78 is 13.2. The third kappa shape index (κ3) is 4.54. The van der Waals surface area contributed by atoms with E-state index in [1.807, 2.05) is 12.1 Å². The van der Waals surface area contributed by atoms with Crippen LogP contribution in [0.1, 0.15) is 71.9 Å². The standard InChI is InChI=1S/C19H30FN/c1-18(2,3)17(14-8-10-15(20)11-9-14)21-16-7-6-12-19(4,5)13-16/h8-11,16-17,21H,6-7,12-13H2,1-5H3. The highest BCUT2D eigenvalue weighted by atomic mass is 19.1. The molecule has 0 aromatic heterocycles. The average molecular weight is 291 g/mol. The van der Waals surface area contributed by atoms with E-state index in [9.17, 15) is 4.39 Å². The molecule has 0 heterocycles. The highest BCUT2D eigenvalue weighted by Gasteiger charge is 2.33. The largest absolute Gasteiger partial charge is 0.307 e. The van der Waals surface area contributed by atoms with Crippen LogP contribution in [0.2, 0.25) is 0 Å². The minimum Gasteiger partial charge on any atom is -0.307 e. The van der Waals surface area contributed by atoms with E-state index in [0.717, 1.165) is 0 Å². The molecule has 1 aliphatic rings. The van der Waals surface area contributed by atoms with Gasteiger partial charge in [-0.2, -0.15) is 0 Å². The lowest BCUT2D eigenvalue weighted by molar-refractivity contribution is 0.160. The number of halogens is 1. The second-order valence-electron chi connectivity index (χ2n) is 8.47. The van der Waals surface area contributed by atoms with Gasteiger partial charge in [0.05, 0.1) is 0 Å². The molecule has 0 aliphatic heterocycles. The lowest BCUT2D eigenvalue weighted by Gasteiger charge is -2.41. The van der Waals surface area contributed by atoms with E-state index in [0.29, 0.717) is 11.5 Å². The molecule has 21 heavy (non-hydrogen) atoms. The molecule has 1 nitrogen and oxygen atoms in total. The molecule has 2 rings (SSSR count). The first-order chi connectivity index (χ1) is 9.67. The van der Waals surface area contributed by atoms with Crippen molar-refractivity contribution < 1.29 is 4.39 Å². The van der Waals surface area contributed by atoms with Crippen molar-refractivity contribution in [3.63, 3.8) is 0 Å². The van der Waals surface area contributed by atoms with E-state index in [-0.39, 0.29) is 17.3 Å². The van der Waals surface area contributed by atoms with Crippen molar-refractivity contribution in [1.82, 2.24) is 5.32 Å². The Morgan fingerprint density at radius 3 is 2.33 bits per heavy atom. The monoisotopic (exact) mass is 291 g/mol. The normalized spacial score (nSPS) is 23.8. The fraction of sp³-hybridized carbons (Fsp3) is 0.684. The van der Waals surface area contributed by atoms with Crippen molar-refractivity contribution in [2.75, 3.05) is 0 Å².